The van der Waals surface area contributed by atoms with Gasteiger partial charge in [-0.15, -0.1) is 0 Å². The summed E-state index contributed by atoms with van der Waals surface area (Å²) in [5.74, 6) is -0.173. The van der Waals surface area contributed by atoms with Crippen molar-refractivity contribution < 1.29 is 14.3 Å². The van der Waals surface area contributed by atoms with Gasteiger partial charge in [0.15, 0.2) is 6.10 Å². The maximum Gasteiger partial charge on any atom is 0.254 e. The van der Waals surface area contributed by atoms with Crippen molar-refractivity contribution in [3.8, 4) is 0 Å². The van der Waals surface area contributed by atoms with Gasteiger partial charge >= 0.3 is 0 Å². The monoisotopic (exact) mass is 380 g/mol. The standard InChI is InChI=1S/C23H28N2O3/c1-4-5-6-8-17-9-7-10-18-15-19(11-12-20(17)18)22(26)25-13-14-28-21(16-25)23(27)24(2)3/h6-12,15,21H,4-5,13-14,16H2,1-3H3/b8-6+. The van der Waals surface area contributed by atoms with Crippen LogP contribution in [0, 0.1) is 0 Å². The lowest BCUT2D eigenvalue weighted by Crippen LogP contribution is -2.51. The number of allylic oxidation sites excluding steroid dienone is 1. The highest BCUT2D eigenvalue weighted by Crippen LogP contribution is 2.23. The number of carbonyl (C=O) groups is 2. The van der Waals surface area contributed by atoms with Crippen LogP contribution >= 0.6 is 0 Å². The number of benzene rings is 2. The van der Waals surface area contributed by atoms with Crippen LogP contribution in [0.5, 0.6) is 0 Å². The molecule has 28 heavy (non-hydrogen) atoms. The van der Waals surface area contributed by atoms with Gasteiger partial charge in [0.05, 0.1) is 13.2 Å². The number of unbranched alkanes of at least 4 members (excludes halogenated alkanes) is 1. The number of morpholine rings is 1. The topological polar surface area (TPSA) is 49.9 Å². The summed E-state index contributed by atoms with van der Waals surface area (Å²) in [6, 6.07) is 12.0. The summed E-state index contributed by atoms with van der Waals surface area (Å²) in [4.78, 5) is 28.4. The van der Waals surface area contributed by atoms with Gasteiger partial charge in [-0.1, -0.05) is 49.8 Å². The molecule has 0 bridgehead atoms. The van der Waals surface area contributed by atoms with Crippen molar-refractivity contribution in [1.29, 1.82) is 0 Å². The zero-order chi connectivity index (χ0) is 20.1. The maximum absolute atomic E-state index is 13.0. The molecule has 5 nitrogen and oxygen atoms in total. The van der Waals surface area contributed by atoms with Gasteiger partial charge in [0.2, 0.25) is 0 Å². The number of hydrogen-bond acceptors (Lipinski definition) is 3. The minimum atomic E-state index is -0.594. The Balaban J connectivity index is 1.81. The Morgan fingerprint density at radius 2 is 2.07 bits per heavy atom. The molecule has 0 aromatic heterocycles. The van der Waals surface area contributed by atoms with Crippen LogP contribution in [0.1, 0.15) is 35.7 Å². The van der Waals surface area contributed by atoms with E-state index >= 15 is 0 Å². The first-order valence-electron chi connectivity index (χ1n) is 9.82. The minimum absolute atomic E-state index is 0.0614. The van der Waals surface area contributed by atoms with Crippen molar-refractivity contribution in [2.24, 2.45) is 0 Å². The van der Waals surface area contributed by atoms with Crippen LogP contribution in [0.15, 0.2) is 42.5 Å². The minimum Gasteiger partial charge on any atom is -0.365 e. The molecule has 1 aliphatic rings. The van der Waals surface area contributed by atoms with E-state index in [0.29, 0.717) is 18.7 Å². The zero-order valence-electron chi connectivity index (χ0n) is 16.9. The highest BCUT2D eigenvalue weighted by Gasteiger charge is 2.30. The second kappa shape index (κ2) is 9.02. The van der Waals surface area contributed by atoms with E-state index in [4.69, 9.17) is 4.74 Å². The fraction of sp³-hybridized carbons (Fsp3) is 0.391. The molecule has 5 heteroatoms. The lowest BCUT2D eigenvalue weighted by Gasteiger charge is -2.33. The Kier molecular flexibility index (Phi) is 6.47. The van der Waals surface area contributed by atoms with Gasteiger partial charge in [0.25, 0.3) is 11.8 Å². The molecular weight excluding hydrogens is 352 g/mol. The van der Waals surface area contributed by atoms with E-state index in [9.17, 15) is 9.59 Å². The molecule has 1 atom stereocenters. The summed E-state index contributed by atoms with van der Waals surface area (Å²) in [6.45, 7) is 3.31. The zero-order valence-corrected chi connectivity index (χ0v) is 16.9. The number of rotatable bonds is 5. The number of likely N-dealkylation sites (N-methyl/N-ethyl adjacent to an activating group) is 1. The van der Waals surface area contributed by atoms with Crippen LogP contribution in [0.3, 0.4) is 0 Å². The average Bonchev–Trinajstić information content (AvgIpc) is 2.72. The normalized spacial score (nSPS) is 17.2. The molecule has 1 fully saturated rings. The summed E-state index contributed by atoms with van der Waals surface area (Å²) >= 11 is 0. The van der Waals surface area contributed by atoms with Crippen molar-refractivity contribution in [2.45, 2.75) is 25.9 Å². The molecule has 0 saturated carbocycles. The molecule has 0 N–H and O–H groups in total. The van der Waals surface area contributed by atoms with E-state index in [2.05, 4.69) is 25.1 Å². The Labute approximate surface area is 166 Å². The van der Waals surface area contributed by atoms with E-state index < -0.39 is 6.10 Å². The Hall–Kier alpha value is -2.66. The van der Waals surface area contributed by atoms with Crippen molar-refractivity contribution in [2.75, 3.05) is 33.8 Å². The SMILES string of the molecule is CCC/C=C/c1cccc2cc(C(=O)N3CCOC(C(=O)N(C)C)C3)ccc12. The Morgan fingerprint density at radius 1 is 1.25 bits per heavy atom. The van der Waals surface area contributed by atoms with Crippen LogP contribution in [-0.4, -0.2) is 61.5 Å². The largest absolute Gasteiger partial charge is 0.365 e. The molecule has 1 saturated heterocycles. The lowest BCUT2D eigenvalue weighted by atomic mass is 10.0. The average molecular weight is 380 g/mol. The molecule has 3 rings (SSSR count). The third-order valence-corrected chi connectivity index (χ3v) is 4.98. The van der Waals surface area contributed by atoms with Gasteiger partial charge in [-0.3, -0.25) is 9.59 Å². The molecular formula is C23H28N2O3. The predicted molar refractivity (Wildman–Crippen MR) is 112 cm³/mol. The van der Waals surface area contributed by atoms with Crippen LogP contribution in [-0.2, 0) is 9.53 Å². The molecule has 2 aromatic carbocycles. The highest BCUT2D eigenvalue weighted by atomic mass is 16.5. The van der Waals surface area contributed by atoms with Gasteiger partial charge in [-0.25, -0.2) is 0 Å². The van der Waals surface area contributed by atoms with Gasteiger partial charge < -0.3 is 14.5 Å². The summed E-state index contributed by atoms with van der Waals surface area (Å²) < 4.78 is 5.56. The number of hydrogen-bond donors (Lipinski definition) is 0. The lowest BCUT2D eigenvalue weighted by molar-refractivity contribution is -0.145. The molecule has 1 heterocycles. The Morgan fingerprint density at radius 3 is 2.82 bits per heavy atom. The van der Waals surface area contributed by atoms with Crippen LogP contribution < -0.4 is 0 Å². The van der Waals surface area contributed by atoms with Crippen LogP contribution in [0.2, 0.25) is 0 Å². The first-order valence-corrected chi connectivity index (χ1v) is 9.82. The molecule has 0 spiro atoms. The van der Waals surface area contributed by atoms with Crippen LogP contribution in [0.25, 0.3) is 16.8 Å². The van der Waals surface area contributed by atoms with Crippen molar-refractivity contribution in [3.63, 3.8) is 0 Å². The number of amides is 2. The molecule has 2 aromatic rings. The van der Waals surface area contributed by atoms with Crippen LogP contribution in [0.4, 0.5) is 0 Å². The summed E-state index contributed by atoms with van der Waals surface area (Å²) in [7, 11) is 3.39. The van der Waals surface area contributed by atoms with Gasteiger partial charge in [0, 0.05) is 26.2 Å². The molecule has 0 radical (unpaired) electrons. The maximum atomic E-state index is 13.0. The molecule has 2 amide bonds. The van der Waals surface area contributed by atoms with Crippen molar-refractivity contribution in [3.05, 3.63) is 53.6 Å². The fourth-order valence-corrected chi connectivity index (χ4v) is 3.42. The highest BCUT2D eigenvalue weighted by molar-refractivity contribution is 6.00. The van der Waals surface area contributed by atoms with E-state index in [1.807, 2.05) is 30.3 Å². The van der Waals surface area contributed by atoms with Crippen molar-refractivity contribution >= 4 is 28.7 Å². The van der Waals surface area contributed by atoms with Gasteiger partial charge in [-0.2, -0.15) is 0 Å². The number of carbonyl (C=O) groups excluding carboxylic acids is 2. The smallest absolute Gasteiger partial charge is 0.254 e. The summed E-state index contributed by atoms with van der Waals surface area (Å²) in [5.41, 5.74) is 1.80. The van der Waals surface area contributed by atoms with Gasteiger partial charge in [-0.05, 0) is 34.9 Å². The molecule has 1 unspecified atom stereocenters. The first kappa shape index (κ1) is 20.1. The summed E-state index contributed by atoms with van der Waals surface area (Å²) in [6.07, 6.45) is 5.91. The quantitative estimate of drug-likeness (QED) is 0.797. The van der Waals surface area contributed by atoms with Crippen molar-refractivity contribution in [1.82, 2.24) is 9.80 Å². The van der Waals surface area contributed by atoms with E-state index in [-0.39, 0.29) is 18.4 Å². The molecule has 1 aliphatic heterocycles. The third-order valence-electron chi connectivity index (χ3n) is 4.98. The number of ether oxygens (including phenoxy) is 1. The van der Waals surface area contributed by atoms with E-state index in [0.717, 1.165) is 29.2 Å². The Bertz CT molecular complexity index is 889. The second-order valence-electron chi connectivity index (χ2n) is 7.32. The second-order valence-corrected chi connectivity index (χ2v) is 7.32. The van der Waals surface area contributed by atoms with Gasteiger partial charge in [0.1, 0.15) is 0 Å². The molecule has 148 valence electrons. The number of fused-ring (bicyclic) bond motifs is 1. The number of nitrogens with zero attached hydrogens (tertiary/aromatic N) is 2. The third kappa shape index (κ3) is 4.42. The molecule has 0 aliphatic carbocycles. The fourth-order valence-electron chi connectivity index (χ4n) is 3.42. The van der Waals surface area contributed by atoms with E-state index in [1.54, 1.807) is 19.0 Å². The summed E-state index contributed by atoms with van der Waals surface area (Å²) in [5, 5.41) is 2.17. The first-order chi connectivity index (χ1) is 13.5. The predicted octanol–water partition coefficient (Wildman–Crippen LogP) is 3.58. The van der Waals surface area contributed by atoms with E-state index in [1.165, 1.54) is 4.90 Å².